The largest absolute Gasteiger partial charge is 0.488 e. The fourth-order valence-electron chi connectivity index (χ4n) is 2.76. The second kappa shape index (κ2) is 8.11. The van der Waals surface area contributed by atoms with Crippen LogP contribution in [0.25, 0.3) is 6.08 Å². The van der Waals surface area contributed by atoms with Crippen LogP contribution in [0.1, 0.15) is 16.7 Å². The van der Waals surface area contributed by atoms with Crippen molar-refractivity contribution in [3.8, 4) is 5.75 Å². The number of nitrogens with zero attached hydrogens (tertiary/aromatic N) is 1. The summed E-state index contributed by atoms with van der Waals surface area (Å²) in [6.45, 7) is 0.322. The molecule has 0 bridgehead atoms. The summed E-state index contributed by atoms with van der Waals surface area (Å²) >= 11 is 6.19. The normalized spacial score (nSPS) is 14.7. The van der Waals surface area contributed by atoms with Crippen LogP contribution in [0.15, 0.2) is 89.6 Å². The van der Waals surface area contributed by atoms with Crippen LogP contribution in [0.5, 0.6) is 5.75 Å². The Bertz CT molecular complexity index is 1070. The van der Waals surface area contributed by atoms with Gasteiger partial charge in [-0.3, -0.25) is 0 Å². The maximum absolute atomic E-state index is 12.2. The molecule has 0 aromatic heterocycles. The summed E-state index contributed by atoms with van der Waals surface area (Å²) in [5.41, 5.74) is 2.60. The monoisotopic (exact) mass is 389 g/mol. The van der Waals surface area contributed by atoms with Gasteiger partial charge in [-0.2, -0.15) is 0 Å². The molecule has 0 radical (unpaired) electrons. The fourth-order valence-corrected chi connectivity index (χ4v) is 2.95. The molecule has 1 heterocycles. The van der Waals surface area contributed by atoms with E-state index < -0.39 is 5.97 Å². The van der Waals surface area contributed by atoms with Gasteiger partial charge >= 0.3 is 5.97 Å². The number of cyclic esters (lactones) is 1. The van der Waals surface area contributed by atoms with Crippen molar-refractivity contribution >= 4 is 29.5 Å². The van der Waals surface area contributed by atoms with Gasteiger partial charge in [-0.25, -0.2) is 9.79 Å². The highest BCUT2D eigenvalue weighted by Crippen LogP contribution is 2.26. The van der Waals surface area contributed by atoms with Gasteiger partial charge in [0.25, 0.3) is 0 Å². The van der Waals surface area contributed by atoms with Crippen molar-refractivity contribution in [1.82, 2.24) is 0 Å². The van der Waals surface area contributed by atoms with Crippen LogP contribution in [0, 0.1) is 0 Å². The summed E-state index contributed by atoms with van der Waals surface area (Å²) in [4.78, 5) is 16.6. The third kappa shape index (κ3) is 3.97. The van der Waals surface area contributed by atoms with E-state index in [1.807, 2.05) is 78.9 Å². The lowest BCUT2D eigenvalue weighted by atomic mass is 10.1. The lowest BCUT2D eigenvalue weighted by Gasteiger charge is -2.10. The molecular formula is C23H16ClNO3. The SMILES string of the molecule is O=C1OC(c2ccccc2)=N/C1=C\c1ccccc1OCc1ccccc1Cl. The van der Waals surface area contributed by atoms with E-state index in [1.54, 1.807) is 6.08 Å². The number of esters is 1. The zero-order valence-electron chi connectivity index (χ0n) is 14.8. The molecule has 138 valence electrons. The average molecular weight is 390 g/mol. The Morgan fingerprint density at radius 2 is 1.64 bits per heavy atom. The zero-order valence-corrected chi connectivity index (χ0v) is 15.6. The quantitative estimate of drug-likeness (QED) is 0.441. The molecule has 0 amide bonds. The fraction of sp³-hybridized carbons (Fsp3) is 0.0435. The molecule has 0 spiro atoms. The topological polar surface area (TPSA) is 47.9 Å². The van der Waals surface area contributed by atoms with Gasteiger partial charge in [-0.15, -0.1) is 0 Å². The first-order chi connectivity index (χ1) is 13.7. The number of carbonyl (C=O) groups excluding carboxylic acids is 1. The molecule has 0 fully saturated rings. The van der Waals surface area contributed by atoms with Gasteiger partial charge in [-0.1, -0.05) is 66.2 Å². The van der Waals surface area contributed by atoms with E-state index in [9.17, 15) is 4.79 Å². The Morgan fingerprint density at radius 3 is 2.46 bits per heavy atom. The van der Waals surface area contributed by atoms with Crippen molar-refractivity contribution in [1.29, 1.82) is 0 Å². The minimum Gasteiger partial charge on any atom is -0.488 e. The summed E-state index contributed by atoms with van der Waals surface area (Å²) in [5, 5.41) is 0.648. The van der Waals surface area contributed by atoms with Crippen molar-refractivity contribution in [2.45, 2.75) is 6.61 Å². The van der Waals surface area contributed by atoms with Crippen molar-refractivity contribution in [3.05, 3.63) is 106 Å². The van der Waals surface area contributed by atoms with E-state index >= 15 is 0 Å². The number of hydrogen-bond acceptors (Lipinski definition) is 4. The summed E-state index contributed by atoms with van der Waals surface area (Å²) in [6, 6.07) is 24.3. The number of rotatable bonds is 5. The number of halogens is 1. The molecule has 0 saturated heterocycles. The van der Waals surface area contributed by atoms with Gasteiger partial charge in [-0.05, 0) is 30.3 Å². The average Bonchev–Trinajstić information content (AvgIpc) is 3.09. The molecule has 5 heteroatoms. The van der Waals surface area contributed by atoms with Gasteiger partial charge in [0.05, 0.1) is 0 Å². The maximum atomic E-state index is 12.2. The minimum absolute atomic E-state index is 0.229. The van der Waals surface area contributed by atoms with Crippen LogP contribution in [0.4, 0.5) is 0 Å². The Kier molecular flexibility index (Phi) is 5.22. The van der Waals surface area contributed by atoms with Crippen LogP contribution in [-0.4, -0.2) is 11.9 Å². The number of para-hydroxylation sites is 1. The van der Waals surface area contributed by atoms with Crippen molar-refractivity contribution < 1.29 is 14.3 Å². The first-order valence-corrected chi connectivity index (χ1v) is 9.12. The highest BCUT2D eigenvalue weighted by molar-refractivity contribution is 6.31. The number of aliphatic imine (C=N–C) groups is 1. The molecule has 1 aliphatic rings. The van der Waals surface area contributed by atoms with Gasteiger partial charge in [0.15, 0.2) is 5.70 Å². The smallest absolute Gasteiger partial charge is 0.363 e. The predicted octanol–water partition coefficient (Wildman–Crippen LogP) is 5.26. The summed E-state index contributed by atoms with van der Waals surface area (Å²) in [6.07, 6.45) is 1.67. The second-order valence-corrected chi connectivity index (χ2v) is 6.53. The first kappa shape index (κ1) is 18.0. The molecule has 4 rings (SSSR count). The molecule has 0 unspecified atom stereocenters. The third-order valence-corrected chi connectivity index (χ3v) is 4.56. The second-order valence-electron chi connectivity index (χ2n) is 6.12. The first-order valence-electron chi connectivity index (χ1n) is 8.74. The van der Waals surface area contributed by atoms with Crippen LogP contribution in [0.2, 0.25) is 5.02 Å². The summed E-state index contributed by atoms with van der Waals surface area (Å²) < 4.78 is 11.2. The Labute approximate surface area is 167 Å². The van der Waals surface area contributed by atoms with Crippen LogP contribution in [-0.2, 0) is 16.1 Å². The van der Waals surface area contributed by atoms with Crippen LogP contribution < -0.4 is 4.74 Å². The molecule has 3 aromatic rings. The molecule has 4 nitrogen and oxygen atoms in total. The van der Waals surface area contributed by atoms with Crippen LogP contribution >= 0.6 is 11.6 Å². The molecule has 0 saturated carbocycles. The molecule has 0 N–H and O–H groups in total. The highest BCUT2D eigenvalue weighted by Gasteiger charge is 2.24. The van der Waals surface area contributed by atoms with E-state index in [-0.39, 0.29) is 5.70 Å². The molecule has 28 heavy (non-hydrogen) atoms. The molecule has 0 aliphatic carbocycles. The molecule has 1 aliphatic heterocycles. The van der Waals surface area contributed by atoms with E-state index in [1.165, 1.54) is 0 Å². The number of hydrogen-bond donors (Lipinski definition) is 0. The molecular weight excluding hydrogens is 374 g/mol. The van der Waals surface area contributed by atoms with Gasteiger partial charge in [0, 0.05) is 21.7 Å². The lowest BCUT2D eigenvalue weighted by Crippen LogP contribution is -2.05. The predicted molar refractivity (Wildman–Crippen MR) is 109 cm³/mol. The van der Waals surface area contributed by atoms with E-state index in [0.717, 1.165) is 16.7 Å². The van der Waals surface area contributed by atoms with E-state index in [4.69, 9.17) is 21.1 Å². The van der Waals surface area contributed by atoms with Gasteiger partial charge in [0.2, 0.25) is 5.90 Å². The Balaban J connectivity index is 1.59. The highest BCUT2D eigenvalue weighted by atomic mass is 35.5. The van der Waals surface area contributed by atoms with E-state index in [2.05, 4.69) is 4.99 Å². The lowest BCUT2D eigenvalue weighted by molar-refractivity contribution is -0.129. The summed E-state index contributed by atoms with van der Waals surface area (Å²) in [7, 11) is 0. The van der Waals surface area contributed by atoms with Crippen LogP contribution in [0.3, 0.4) is 0 Å². The molecule has 3 aromatic carbocycles. The van der Waals surface area contributed by atoms with Gasteiger partial charge < -0.3 is 9.47 Å². The third-order valence-electron chi connectivity index (χ3n) is 4.19. The Morgan fingerprint density at radius 1 is 0.929 bits per heavy atom. The van der Waals surface area contributed by atoms with Crippen molar-refractivity contribution in [2.75, 3.05) is 0 Å². The maximum Gasteiger partial charge on any atom is 0.363 e. The summed E-state index contributed by atoms with van der Waals surface area (Å²) in [5.74, 6) is 0.442. The number of ether oxygens (including phenoxy) is 2. The number of benzene rings is 3. The van der Waals surface area contributed by atoms with E-state index in [0.29, 0.717) is 23.3 Å². The van der Waals surface area contributed by atoms with Crippen molar-refractivity contribution in [3.63, 3.8) is 0 Å². The zero-order chi connectivity index (χ0) is 19.3. The Hall–Kier alpha value is -3.37. The minimum atomic E-state index is -0.486. The van der Waals surface area contributed by atoms with Gasteiger partial charge in [0.1, 0.15) is 12.4 Å². The van der Waals surface area contributed by atoms with Crippen molar-refractivity contribution in [2.24, 2.45) is 4.99 Å². The number of carbonyl (C=O) groups is 1. The molecule has 0 atom stereocenters. The standard InChI is InChI=1S/C23H16ClNO3/c24-19-12-6-4-11-18(19)15-27-21-13-7-5-10-17(21)14-20-23(26)28-22(25-20)16-8-2-1-3-9-16/h1-14H,15H2/b20-14-.